The molecule has 0 radical (unpaired) electrons. The first-order valence-electron chi connectivity index (χ1n) is 8.25. The summed E-state index contributed by atoms with van der Waals surface area (Å²) in [6.45, 7) is 5.45. The van der Waals surface area contributed by atoms with Crippen molar-refractivity contribution in [3.8, 4) is 0 Å². The smallest absolute Gasteiger partial charge is 0.244 e. The first-order valence-corrected chi connectivity index (χ1v) is 8.25. The summed E-state index contributed by atoms with van der Waals surface area (Å²) in [5.41, 5.74) is -0.216. The van der Waals surface area contributed by atoms with Crippen LogP contribution >= 0.6 is 0 Å². The highest BCUT2D eigenvalue weighted by atomic mass is 16.2. The van der Waals surface area contributed by atoms with Gasteiger partial charge in [-0.05, 0) is 53.2 Å². The average molecular weight is 281 g/mol. The molecule has 1 saturated heterocycles. The monoisotopic (exact) mass is 281 g/mol. The number of carbonyl (C=O) groups is 1. The third-order valence-corrected chi connectivity index (χ3v) is 4.91. The SMILES string of the molecule is CCCC1NC2(CCCC2)C(=O)N1C(C)CCN(C)C. The summed E-state index contributed by atoms with van der Waals surface area (Å²) in [7, 11) is 4.19. The van der Waals surface area contributed by atoms with Gasteiger partial charge in [0.25, 0.3) is 0 Å². The number of nitrogens with one attached hydrogen (secondary N) is 1. The van der Waals surface area contributed by atoms with Crippen LogP contribution in [0.25, 0.3) is 0 Å². The predicted octanol–water partition coefficient (Wildman–Crippen LogP) is 2.20. The number of hydrogen-bond donors (Lipinski definition) is 1. The molecule has 4 heteroatoms. The van der Waals surface area contributed by atoms with Gasteiger partial charge in [0, 0.05) is 6.04 Å². The standard InChI is InChI=1S/C16H31N3O/c1-5-8-14-17-16(10-6-7-11-16)15(20)19(14)13(2)9-12-18(3)4/h13-14,17H,5-12H2,1-4H3. The van der Waals surface area contributed by atoms with Crippen molar-refractivity contribution in [2.75, 3.05) is 20.6 Å². The summed E-state index contributed by atoms with van der Waals surface area (Å²) in [5, 5.41) is 3.70. The van der Waals surface area contributed by atoms with E-state index in [0.29, 0.717) is 11.9 Å². The summed E-state index contributed by atoms with van der Waals surface area (Å²) in [6, 6.07) is 0.328. The van der Waals surface area contributed by atoms with Gasteiger partial charge in [0.2, 0.25) is 5.91 Å². The maximum absolute atomic E-state index is 13.0. The van der Waals surface area contributed by atoms with Gasteiger partial charge >= 0.3 is 0 Å². The molecule has 2 rings (SSSR count). The van der Waals surface area contributed by atoms with Gasteiger partial charge in [0.05, 0.1) is 11.7 Å². The fourth-order valence-electron chi connectivity index (χ4n) is 3.75. The Bertz CT molecular complexity index is 337. The van der Waals surface area contributed by atoms with Gasteiger partial charge in [-0.15, -0.1) is 0 Å². The molecular formula is C16H31N3O. The summed E-state index contributed by atoms with van der Waals surface area (Å²) in [5.74, 6) is 0.375. The highest BCUT2D eigenvalue weighted by molar-refractivity contribution is 5.89. The van der Waals surface area contributed by atoms with Crippen LogP contribution in [0.2, 0.25) is 0 Å². The van der Waals surface area contributed by atoms with Crippen molar-refractivity contribution in [3.05, 3.63) is 0 Å². The van der Waals surface area contributed by atoms with E-state index in [1.54, 1.807) is 0 Å². The molecule has 1 N–H and O–H groups in total. The maximum Gasteiger partial charge on any atom is 0.244 e. The first kappa shape index (κ1) is 15.8. The van der Waals surface area contributed by atoms with Crippen LogP contribution in [0.5, 0.6) is 0 Å². The van der Waals surface area contributed by atoms with E-state index in [-0.39, 0.29) is 11.7 Å². The topological polar surface area (TPSA) is 35.6 Å². The van der Waals surface area contributed by atoms with Gasteiger partial charge in [-0.2, -0.15) is 0 Å². The van der Waals surface area contributed by atoms with E-state index in [2.05, 4.69) is 43.1 Å². The molecular weight excluding hydrogens is 250 g/mol. The molecule has 116 valence electrons. The Morgan fingerprint density at radius 2 is 2.05 bits per heavy atom. The van der Waals surface area contributed by atoms with Crippen LogP contribution in [-0.4, -0.2) is 54.1 Å². The molecule has 1 saturated carbocycles. The Morgan fingerprint density at radius 1 is 1.40 bits per heavy atom. The fourth-order valence-corrected chi connectivity index (χ4v) is 3.75. The van der Waals surface area contributed by atoms with E-state index in [0.717, 1.165) is 38.6 Å². The summed E-state index contributed by atoms with van der Waals surface area (Å²) in [4.78, 5) is 17.3. The van der Waals surface area contributed by atoms with Crippen LogP contribution in [0, 0.1) is 0 Å². The quantitative estimate of drug-likeness (QED) is 0.811. The van der Waals surface area contributed by atoms with E-state index in [1.165, 1.54) is 12.8 Å². The van der Waals surface area contributed by atoms with Gasteiger partial charge in [0.1, 0.15) is 0 Å². The van der Waals surface area contributed by atoms with E-state index >= 15 is 0 Å². The Morgan fingerprint density at radius 3 is 2.60 bits per heavy atom. The summed E-state index contributed by atoms with van der Waals surface area (Å²) >= 11 is 0. The van der Waals surface area contributed by atoms with E-state index in [4.69, 9.17) is 0 Å². The van der Waals surface area contributed by atoms with Crippen molar-refractivity contribution >= 4 is 5.91 Å². The van der Waals surface area contributed by atoms with Gasteiger partial charge in [-0.3, -0.25) is 10.1 Å². The third-order valence-electron chi connectivity index (χ3n) is 4.91. The third kappa shape index (κ3) is 3.01. The van der Waals surface area contributed by atoms with Crippen molar-refractivity contribution in [1.82, 2.24) is 15.1 Å². The fraction of sp³-hybridized carbons (Fsp3) is 0.938. The second-order valence-electron chi connectivity index (χ2n) is 6.89. The number of amides is 1. The number of nitrogens with zero attached hydrogens (tertiary/aromatic N) is 2. The van der Waals surface area contributed by atoms with Crippen LogP contribution in [-0.2, 0) is 4.79 Å². The Hall–Kier alpha value is -0.610. The van der Waals surface area contributed by atoms with Crippen LogP contribution in [0.4, 0.5) is 0 Å². The lowest BCUT2D eigenvalue weighted by atomic mass is 9.97. The van der Waals surface area contributed by atoms with Crippen molar-refractivity contribution in [3.63, 3.8) is 0 Å². The first-order chi connectivity index (χ1) is 9.50. The Kier molecular flexibility index (Phi) is 5.08. The molecule has 2 fully saturated rings. The minimum absolute atomic E-state index is 0.216. The van der Waals surface area contributed by atoms with Crippen molar-refractivity contribution < 1.29 is 4.79 Å². The molecule has 1 amide bonds. The van der Waals surface area contributed by atoms with E-state index in [9.17, 15) is 4.79 Å². The summed E-state index contributed by atoms with van der Waals surface area (Å²) in [6.07, 6.45) is 7.94. The number of carbonyl (C=O) groups excluding carboxylic acids is 1. The van der Waals surface area contributed by atoms with Crippen molar-refractivity contribution in [2.45, 2.75) is 76.5 Å². The molecule has 0 aromatic heterocycles. The molecule has 0 aromatic rings. The minimum Gasteiger partial charge on any atom is -0.323 e. The normalized spacial score (nSPS) is 26.9. The zero-order chi connectivity index (χ0) is 14.8. The van der Waals surface area contributed by atoms with Crippen molar-refractivity contribution in [1.29, 1.82) is 0 Å². The van der Waals surface area contributed by atoms with Gasteiger partial charge in [0.15, 0.2) is 0 Å². The van der Waals surface area contributed by atoms with Gasteiger partial charge in [-0.1, -0.05) is 26.2 Å². The highest BCUT2D eigenvalue weighted by Crippen LogP contribution is 2.38. The largest absolute Gasteiger partial charge is 0.323 e. The van der Waals surface area contributed by atoms with Crippen LogP contribution in [0.3, 0.4) is 0 Å². The molecule has 2 aliphatic rings. The van der Waals surface area contributed by atoms with Crippen LogP contribution in [0.1, 0.15) is 58.8 Å². The zero-order valence-corrected chi connectivity index (χ0v) is 13.6. The van der Waals surface area contributed by atoms with Gasteiger partial charge < -0.3 is 9.80 Å². The molecule has 2 unspecified atom stereocenters. The molecule has 1 spiro atoms. The van der Waals surface area contributed by atoms with E-state index < -0.39 is 0 Å². The minimum atomic E-state index is -0.216. The molecule has 1 aliphatic carbocycles. The van der Waals surface area contributed by atoms with Crippen molar-refractivity contribution in [2.24, 2.45) is 0 Å². The Labute approximate surface area is 123 Å². The number of rotatable bonds is 6. The van der Waals surface area contributed by atoms with Crippen LogP contribution in [0.15, 0.2) is 0 Å². The molecule has 20 heavy (non-hydrogen) atoms. The second-order valence-corrected chi connectivity index (χ2v) is 6.89. The lowest BCUT2D eigenvalue weighted by Gasteiger charge is -2.31. The molecule has 2 atom stereocenters. The average Bonchev–Trinajstić information content (AvgIpc) is 2.95. The lowest BCUT2D eigenvalue weighted by molar-refractivity contribution is -0.135. The molecule has 1 heterocycles. The molecule has 1 aliphatic heterocycles. The summed E-state index contributed by atoms with van der Waals surface area (Å²) < 4.78 is 0. The van der Waals surface area contributed by atoms with Gasteiger partial charge in [-0.25, -0.2) is 0 Å². The molecule has 0 aromatic carbocycles. The second kappa shape index (κ2) is 6.44. The number of hydrogen-bond acceptors (Lipinski definition) is 3. The zero-order valence-electron chi connectivity index (χ0n) is 13.6. The lowest BCUT2D eigenvalue weighted by Crippen LogP contribution is -2.45. The molecule has 4 nitrogen and oxygen atoms in total. The Balaban J connectivity index is 2.08. The highest BCUT2D eigenvalue weighted by Gasteiger charge is 2.52. The molecule has 0 bridgehead atoms. The van der Waals surface area contributed by atoms with Crippen LogP contribution < -0.4 is 5.32 Å². The van der Waals surface area contributed by atoms with E-state index in [1.807, 2.05) is 0 Å². The predicted molar refractivity (Wildman–Crippen MR) is 82.5 cm³/mol. The maximum atomic E-state index is 13.0.